The van der Waals surface area contributed by atoms with Crippen LogP contribution in [0.25, 0.3) is 0 Å². The number of pyridine rings is 1. The monoisotopic (exact) mass is 254 g/mol. The Morgan fingerprint density at radius 3 is 2.71 bits per heavy atom. The molecule has 5 heteroatoms. The van der Waals surface area contributed by atoms with E-state index in [4.69, 9.17) is 0 Å². The summed E-state index contributed by atoms with van der Waals surface area (Å²) in [5.41, 5.74) is 1.14. The van der Waals surface area contributed by atoms with Crippen LogP contribution in [0.15, 0.2) is 24.5 Å². The summed E-state index contributed by atoms with van der Waals surface area (Å²) in [6.07, 6.45) is 5.03. The van der Waals surface area contributed by atoms with Crippen LogP contribution in [0.3, 0.4) is 0 Å². The molecule has 1 aromatic rings. The molecular weight excluding hydrogens is 236 g/mol. The molecule has 1 aromatic heterocycles. The molecule has 0 saturated carbocycles. The van der Waals surface area contributed by atoms with E-state index in [0.29, 0.717) is 30.4 Å². The van der Waals surface area contributed by atoms with Gasteiger partial charge in [-0.1, -0.05) is 6.07 Å². The van der Waals surface area contributed by atoms with E-state index in [1.165, 1.54) is 0 Å². The molecule has 0 aromatic carbocycles. The van der Waals surface area contributed by atoms with Crippen LogP contribution in [0.1, 0.15) is 31.4 Å². The fourth-order valence-electron chi connectivity index (χ4n) is 2.14. The number of aromatic nitrogens is 1. The Bertz CT molecular complexity index is 445. The van der Waals surface area contributed by atoms with Crippen molar-refractivity contribution < 1.29 is 8.42 Å². The van der Waals surface area contributed by atoms with Crippen LogP contribution in [-0.4, -0.2) is 30.9 Å². The largest absolute Gasteiger partial charge is 0.307 e. The molecule has 0 spiro atoms. The lowest BCUT2D eigenvalue weighted by Crippen LogP contribution is -2.38. The molecule has 0 amide bonds. The zero-order valence-electron chi connectivity index (χ0n) is 9.96. The maximum atomic E-state index is 11.3. The summed E-state index contributed by atoms with van der Waals surface area (Å²) in [5.74, 6) is 0.620. The van der Waals surface area contributed by atoms with E-state index in [1.807, 2.05) is 18.3 Å². The van der Waals surface area contributed by atoms with Crippen molar-refractivity contribution in [3.05, 3.63) is 30.1 Å². The predicted octanol–water partition coefficient (Wildman–Crippen LogP) is 1.31. The molecule has 0 bridgehead atoms. The molecule has 1 aliphatic heterocycles. The molecule has 0 radical (unpaired) electrons. The molecule has 1 N–H and O–H groups in total. The lowest BCUT2D eigenvalue weighted by molar-refractivity contribution is 0.419. The normalized spacial score (nSPS) is 22.2. The summed E-state index contributed by atoms with van der Waals surface area (Å²) in [5, 5.41) is 3.47. The first kappa shape index (κ1) is 12.5. The molecular formula is C12H18N2O2S. The first-order valence-electron chi connectivity index (χ1n) is 5.93. The van der Waals surface area contributed by atoms with E-state index in [1.54, 1.807) is 6.20 Å². The van der Waals surface area contributed by atoms with Crippen LogP contribution in [-0.2, 0) is 9.84 Å². The van der Waals surface area contributed by atoms with Gasteiger partial charge in [0, 0.05) is 24.5 Å². The average molecular weight is 254 g/mol. The van der Waals surface area contributed by atoms with Gasteiger partial charge >= 0.3 is 0 Å². The molecule has 4 nitrogen and oxygen atoms in total. The zero-order valence-corrected chi connectivity index (χ0v) is 10.8. The maximum absolute atomic E-state index is 11.3. The fourth-order valence-corrected chi connectivity index (χ4v) is 3.63. The third-order valence-corrected chi connectivity index (χ3v) is 4.94. The zero-order chi connectivity index (χ0) is 12.3. The van der Waals surface area contributed by atoms with Crippen LogP contribution in [0, 0.1) is 0 Å². The van der Waals surface area contributed by atoms with E-state index in [-0.39, 0.29) is 6.04 Å². The van der Waals surface area contributed by atoms with E-state index < -0.39 is 9.84 Å². The SMILES string of the molecule is CC(NC1CCS(=O)(=O)CC1)c1cccnc1. The highest BCUT2D eigenvalue weighted by molar-refractivity contribution is 7.91. The Morgan fingerprint density at radius 1 is 1.41 bits per heavy atom. The Hall–Kier alpha value is -0.940. The second-order valence-corrected chi connectivity index (χ2v) is 6.90. The van der Waals surface area contributed by atoms with Gasteiger partial charge in [-0.15, -0.1) is 0 Å². The number of hydrogen-bond donors (Lipinski definition) is 1. The lowest BCUT2D eigenvalue weighted by Gasteiger charge is -2.26. The summed E-state index contributed by atoms with van der Waals surface area (Å²) in [6.45, 7) is 2.08. The third-order valence-electron chi connectivity index (χ3n) is 3.22. The minimum absolute atomic E-state index is 0.217. The summed E-state index contributed by atoms with van der Waals surface area (Å²) in [4.78, 5) is 4.09. The van der Waals surface area contributed by atoms with E-state index in [2.05, 4.69) is 17.2 Å². The molecule has 1 aliphatic rings. The molecule has 2 rings (SSSR count). The molecule has 17 heavy (non-hydrogen) atoms. The molecule has 1 atom stereocenters. The Morgan fingerprint density at radius 2 is 2.12 bits per heavy atom. The van der Waals surface area contributed by atoms with E-state index in [9.17, 15) is 8.42 Å². The first-order valence-corrected chi connectivity index (χ1v) is 7.75. The minimum atomic E-state index is -2.77. The van der Waals surface area contributed by atoms with E-state index >= 15 is 0 Å². The van der Waals surface area contributed by atoms with Crippen LogP contribution in [0.5, 0.6) is 0 Å². The molecule has 94 valence electrons. The van der Waals surface area contributed by atoms with Crippen molar-refractivity contribution in [2.75, 3.05) is 11.5 Å². The van der Waals surface area contributed by atoms with Gasteiger partial charge in [-0.2, -0.15) is 0 Å². The van der Waals surface area contributed by atoms with Gasteiger partial charge in [0.2, 0.25) is 0 Å². The van der Waals surface area contributed by atoms with Gasteiger partial charge < -0.3 is 5.32 Å². The highest BCUT2D eigenvalue weighted by atomic mass is 32.2. The van der Waals surface area contributed by atoms with Gasteiger partial charge in [0.15, 0.2) is 0 Å². The van der Waals surface area contributed by atoms with Gasteiger partial charge in [0.25, 0.3) is 0 Å². The van der Waals surface area contributed by atoms with Crippen LogP contribution in [0.2, 0.25) is 0 Å². The molecule has 1 fully saturated rings. The van der Waals surface area contributed by atoms with Crippen LogP contribution >= 0.6 is 0 Å². The predicted molar refractivity (Wildman–Crippen MR) is 67.5 cm³/mol. The molecule has 0 aliphatic carbocycles. The second-order valence-electron chi connectivity index (χ2n) is 4.60. The van der Waals surface area contributed by atoms with Crippen molar-refractivity contribution in [3.8, 4) is 0 Å². The highest BCUT2D eigenvalue weighted by Crippen LogP contribution is 2.17. The molecule has 2 heterocycles. The smallest absolute Gasteiger partial charge is 0.150 e. The number of nitrogens with zero attached hydrogens (tertiary/aromatic N) is 1. The topological polar surface area (TPSA) is 59.1 Å². The Labute approximate surface area is 102 Å². The summed E-state index contributed by atoms with van der Waals surface area (Å²) in [7, 11) is -2.77. The van der Waals surface area contributed by atoms with Crippen LogP contribution < -0.4 is 5.32 Å². The first-order chi connectivity index (χ1) is 8.07. The summed E-state index contributed by atoms with van der Waals surface area (Å²) >= 11 is 0. The maximum Gasteiger partial charge on any atom is 0.150 e. The van der Waals surface area contributed by atoms with Gasteiger partial charge in [-0.05, 0) is 31.4 Å². The van der Waals surface area contributed by atoms with Crippen molar-refractivity contribution in [1.82, 2.24) is 10.3 Å². The minimum Gasteiger partial charge on any atom is -0.307 e. The molecule has 1 unspecified atom stereocenters. The number of nitrogens with one attached hydrogen (secondary N) is 1. The summed E-state index contributed by atoms with van der Waals surface area (Å²) < 4.78 is 22.6. The van der Waals surface area contributed by atoms with Gasteiger partial charge in [-0.25, -0.2) is 8.42 Å². The van der Waals surface area contributed by atoms with Gasteiger partial charge in [0.1, 0.15) is 9.84 Å². The van der Waals surface area contributed by atoms with Crippen molar-refractivity contribution in [3.63, 3.8) is 0 Å². The quantitative estimate of drug-likeness (QED) is 0.883. The van der Waals surface area contributed by atoms with Crippen molar-refractivity contribution in [2.24, 2.45) is 0 Å². The number of hydrogen-bond acceptors (Lipinski definition) is 4. The number of sulfone groups is 1. The fraction of sp³-hybridized carbons (Fsp3) is 0.583. The van der Waals surface area contributed by atoms with Crippen LogP contribution in [0.4, 0.5) is 0 Å². The average Bonchev–Trinajstić information content (AvgIpc) is 2.33. The summed E-state index contributed by atoms with van der Waals surface area (Å²) in [6, 6.07) is 4.46. The van der Waals surface area contributed by atoms with Gasteiger partial charge in [0.05, 0.1) is 11.5 Å². The van der Waals surface area contributed by atoms with Gasteiger partial charge in [-0.3, -0.25) is 4.98 Å². The van der Waals surface area contributed by atoms with Crippen molar-refractivity contribution in [1.29, 1.82) is 0 Å². The Balaban J connectivity index is 1.90. The van der Waals surface area contributed by atoms with Crippen molar-refractivity contribution in [2.45, 2.75) is 31.8 Å². The second kappa shape index (κ2) is 5.14. The lowest BCUT2D eigenvalue weighted by atomic mass is 10.1. The standard InChI is InChI=1S/C12H18N2O2S/c1-10(11-3-2-6-13-9-11)14-12-4-7-17(15,16)8-5-12/h2-3,6,9-10,12,14H,4-5,7-8H2,1H3. The highest BCUT2D eigenvalue weighted by Gasteiger charge is 2.24. The number of rotatable bonds is 3. The molecule has 1 saturated heterocycles. The third kappa shape index (κ3) is 3.51. The Kier molecular flexibility index (Phi) is 3.79. The van der Waals surface area contributed by atoms with Crippen molar-refractivity contribution >= 4 is 9.84 Å². The van der Waals surface area contributed by atoms with E-state index in [0.717, 1.165) is 5.56 Å².